The van der Waals surface area contributed by atoms with Crippen LogP contribution in [0.15, 0.2) is 50.1 Å². The monoisotopic (exact) mass is 243 g/mol. The van der Waals surface area contributed by atoms with Crippen LogP contribution in [-0.4, -0.2) is 11.9 Å². The molecule has 0 aromatic carbocycles. The van der Waals surface area contributed by atoms with Gasteiger partial charge in [-0.3, -0.25) is 0 Å². The second-order valence-electron chi connectivity index (χ2n) is 3.76. The van der Waals surface area contributed by atoms with E-state index in [1.165, 1.54) is 12.3 Å². The van der Waals surface area contributed by atoms with Crippen LogP contribution in [0.25, 0.3) is 6.08 Å². The van der Waals surface area contributed by atoms with Gasteiger partial charge in [-0.25, -0.2) is 9.79 Å². The molecule has 0 aliphatic carbocycles. The molecule has 90 valence electrons. The fourth-order valence-corrected chi connectivity index (χ4v) is 1.58. The summed E-state index contributed by atoms with van der Waals surface area (Å²) in [6.45, 7) is 1.83. The number of hydrogen-bond acceptors (Lipinski definition) is 5. The maximum atomic E-state index is 11.6. The fourth-order valence-electron chi connectivity index (χ4n) is 1.58. The molecule has 0 atom stereocenters. The second kappa shape index (κ2) is 4.03. The van der Waals surface area contributed by atoms with Crippen LogP contribution >= 0.6 is 0 Å². The Labute approximate surface area is 102 Å². The van der Waals surface area contributed by atoms with Gasteiger partial charge in [0.15, 0.2) is 11.5 Å². The summed E-state index contributed by atoms with van der Waals surface area (Å²) >= 11 is 0. The summed E-state index contributed by atoms with van der Waals surface area (Å²) < 4.78 is 15.5. The van der Waals surface area contributed by atoms with E-state index in [1.807, 2.05) is 13.0 Å². The van der Waals surface area contributed by atoms with Crippen LogP contribution < -0.4 is 0 Å². The topological polar surface area (TPSA) is 64.9 Å². The Kier molecular flexibility index (Phi) is 2.37. The van der Waals surface area contributed by atoms with E-state index in [2.05, 4.69) is 4.99 Å². The molecular weight excluding hydrogens is 234 g/mol. The van der Waals surface area contributed by atoms with Gasteiger partial charge >= 0.3 is 5.97 Å². The summed E-state index contributed by atoms with van der Waals surface area (Å²) in [5, 5.41) is 0. The van der Waals surface area contributed by atoms with E-state index in [1.54, 1.807) is 18.2 Å². The fraction of sp³-hybridized carbons (Fsp3) is 0.0769. The normalized spacial score (nSPS) is 17.1. The van der Waals surface area contributed by atoms with E-state index in [0.29, 0.717) is 11.5 Å². The van der Waals surface area contributed by atoms with E-state index in [-0.39, 0.29) is 11.6 Å². The summed E-state index contributed by atoms with van der Waals surface area (Å²) in [4.78, 5) is 15.7. The Morgan fingerprint density at radius 3 is 2.83 bits per heavy atom. The highest BCUT2D eigenvalue weighted by molar-refractivity contribution is 6.11. The maximum Gasteiger partial charge on any atom is 0.364 e. The van der Waals surface area contributed by atoms with Gasteiger partial charge in [-0.05, 0) is 31.2 Å². The van der Waals surface area contributed by atoms with Crippen molar-refractivity contribution < 1.29 is 18.4 Å². The molecule has 2 aromatic rings. The van der Waals surface area contributed by atoms with Crippen molar-refractivity contribution in [1.29, 1.82) is 0 Å². The van der Waals surface area contributed by atoms with Crippen molar-refractivity contribution in [2.24, 2.45) is 4.99 Å². The lowest BCUT2D eigenvalue weighted by Gasteiger charge is -1.92. The highest BCUT2D eigenvalue weighted by Gasteiger charge is 2.26. The van der Waals surface area contributed by atoms with Crippen LogP contribution in [0.4, 0.5) is 0 Å². The molecule has 0 spiro atoms. The van der Waals surface area contributed by atoms with E-state index < -0.39 is 5.97 Å². The van der Waals surface area contributed by atoms with Crippen molar-refractivity contribution in [2.75, 3.05) is 0 Å². The van der Waals surface area contributed by atoms with Crippen molar-refractivity contribution in [2.45, 2.75) is 6.92 Å². The first-order chi connectivity index (χ1) is 8.72. The molecule has 0 amide bonds. The number of cyclic esters (lactones) is 1. The highest BCUT2D eigenvalue weighted by atomic mass is 16.6. The summed E-state index contributed by atoms with van der Waals surface area (Å²) in [5.41, 5.74) is 0.191. The molecule has 18 heavy (non-hydrogen) atoms. The van der Waals surface area contributed by atoms with Crippen molar-refractivity contribution in [3.05, 3.63) is 53.5 Å². The van der Waals surface area contributed by atoms with Crippen LogP contribution in [0, 0.1) is 6.92 Å². The third-order valence-electron chi connectivity index (χ3n) is 2.39. The minimum atomic E-state index is -0.518. The molecule has 0 N–H and O–H groups in total. The smallest absolute Gasteiger partial charge is 0.364 e. The number of hydrogen-bond donors (Lipinski definition) is 0. The molecule has 2 aromatic heterocycles. The van der Waals surface area contributed by atoms with Crippen LogP contribution in [0.3, 0.4) is 0 Å². The molecule has 0 bridgehead atoms. The van der Waals surface area contributed by atoms with Gasteiger partial charge in [0, 0.05) is 6.08 Å². The van der Waals surface area contributed by atoms with Gasteiger partial charge in [0.2, 0.25) is 0 Å². The van der Waals surface area contributed by atoms with Gasteiger partial charge in [-0.15, -0.1) is 0 Å². The molecule has 0 unspecified atom stereocenters. The summed E-state index contributed by atoms with van der Waals surface area (Å²) in [6, 6.07) is 6.94. The third-order valence-corrected chi connectivity index (χ3v) is 2.39. The molecule has 0 saturated heterocycles. The zero-order chi connectivity index (χ0) is 12.5. The van der Waals surface area contributed by atoms with E-state index in [4.69, 9.17) is 13.6 Å². The molecule has 5 heteroatoms. The molecule has 3 rings (SSSR count). The van der Waals surface area contributed by atoms with Crippen LogP contribution in [0.2, 0.25) is 0 Å². The predicted molar refractivity (Wildman–Crippen MR) is 62.8 cm³/mol. The SMILES string of the molecule is Cc1ccc(/C=C2/N=C(c3ccco3)OC2=O)o1. The Balaban J connectivity index is 1.94. The van der Waals surface area contributed by atoms with Gasteiger partial charge in [-0.2, -0.15) is 0 Å². The minimum Gasteiger partial charge on any atom is -0.462 e. The van der Waals surface area contributed by atoms with Gasteiger partial charge < -0.3 is 13.6 Å². The van der Waals surface area contributed by atoms with Crippen molar-refractivity contribution in [3.8, 4) is 0 Å². The second-order valence-corrected chi connectivity index (χ2v) is 3.76. The van der Waals surface area contributed by atoms with Crippen LogP contribution in [0.1, 0.15) is 17.3 Å². The Hall–Kier alpha value is -2.56. The van der Waals surface area contributed by atoms with Gasteiger partial charge in [0.1, 0.15) is 11.5 Å². The average molecular weight is 243 g/mol. The molecule has 0 saturated carbocycles. The number of esters is 1. The maximum absolute atomic E-state index is 11.6. The Bertz CT molecular complexity index is 646. The lowest BCUT2D eigenvalue weighted by atomic mass is 10.3. The highest BCUT2D eigenvalue weighted by Crippen LogP contribution is 2.20. The largest absolute Gasteiger partial charge is 0.462 e. The number of ether oxygens (including phenoxy) is 1. The summed E-state index contributed by atoms with van der Waals surface area (Å²) in [7, 11) is 0. The Morgan fingerprint density at radius 1 is 1.28 bits per heavy atom. The number of nitrogens with zero attached hydrogens (tertiary/aromatic N) is 1. The standard InChI is InChI=1S/C13H9NO4/c1-8-4-5-9(17-8)7-10-13(15)18-12(14-10)11-3-2-6-16-11/h2-7H,1H3/b10-7+. The first kappa shape index (κ1) is 10.6. The molecule has 1 aliphatic heterocycles. The minimum absolute atomic E-state index is 0.166. The number of carbonyl (C=O) groups is 1. The number of rotatable bonds is 2. The Morgan fingerprint density at radius 2 is 2.17 bits per heavy atom. The van der Waals surface area contributed by atoms with Crippen molar-refractivity contribution in [1.82, 2.24) is 0 Å². The lowest BCUT2D eigenvalue weighted by molar-refractivity contribution is -0.130. The first-order valence-corrected chi connectivity index (χ1v) is 5.35. The molecule has 0 radical (unpaired) electrons. The first-order valence-electron chi connectivity index (χ1n) is 5.35. The van der Waals surface area contributed by atoms with E-state index in [0.717, 1.165) is 5.76 Å². The number of carbonyl (C=O) groups excluding carboxylic acids is 1. The van der Waals surface area contributed by atoms with Crippen molar-refractivity contribution in [3.63, 3.8) is 0 Å². The van der Waals surface area contributed by atoms with Crippen LogP contribution in [0.5, 0.6) is 0 Å². The van der Waals surface area contributed by atoms with E-state index in [9.17, 15) is 4.79 Å². The molecule has 3 heterocycles. The van der Waals surface area contributed by atoms with Gasteiger partial charge in [0.25, 0.3) is 5.90 Å². The zero-order valence-electron chi connectivity index (χ0n) is 9.54. The number of aryl methyl sites for hydroxylation is 1. The average Bonchev–Trinajstić information content (AvgIpc) is 3.02. The molecular formula is C13H9NO4. The molecule has 0 fully saturated rings. The zero-order valence-corrected chi connectivity index (χ0v) is 9.54. The number of aliphatic imine (C=N–C) groups is 1. The van der Waals surface area contributed by atoms with Gasteiger partial charge in [0.05, 0.1) is 6.26 Å². The molecule has 1 aliphatic rings. The van der Waals surface area contributed by atoms with Crippen molar-refractivity contribution >= 4 is 17.9 Å². The van der Waals surface area contributed by atoms with E-state index >= 15 is 0 Å². The number of furan rings is 2. The van der Waals surface area contributed by atoms with Gasteiger partial charge in [-0.1, -0.05) is 0 Å². The summed E-state index contributed by atoms with van der Waals surface area (Å²) in [5.74, 6) is 1.39. The third kappa shape index (κ3) is 1.86. The lowest BCUT2D eigenvalue weighted by Crippen LogP contribution is -2.04. The summed E-state index contributed by atoms with van der Waals surface area (Å²) in [6.07, 6.45) is 3.02. The molecule has 5 nitrogen and oxygen atoms in total. The van der Waals surface area contributed by atoms with Crippen LogP contribution in [-0.2, 0) is 9.53 Å². The quantitative estimate of drug-likeness (QED) is 0.600. The predicted octanol–water partition coefficient (Wildman–Crippen LogP) is 2.53.